The number of carbonyl (C=O) groups is 1. The normalized spacial score (nSPS) is 11.7. The van der Waals surface area contributed by atoms with Crippen molar-refractivity contribution in [2.24, 2.45) is 0 Å². The molecule has 10 heteroatoms. The highest BCUT2D eigenvalue weighted by Crippen LogP contribution is 2.43. The van der Waals surface area contributed by atoms with E-state index in [4.69, 9.17) is 41.8 Å². The van der Waals surface area contributed by atoms with Gasteiger partial charge in [-0.15, -0.1) is 0 Å². The molecule has 0 aliphatic heterocycles. The van der Waals surface area contributed by atoms with Crippen molar-refractivity contribution >= 4 is 40.1 Å². The number of benzene rings is 3. The highest BCUT2D eigenvalue weighted by atomic mass is 35.5. The molecule has 38 heavy (non-hydrogen) atoms. The minimum absolute atomic E-state index is 0.0670. The lowest BCUT2D eigenvalue weighted by Gasteiger charge is -2.21. The maximum Gasteiger partial charge on any atom is 0.343 e. The fraction of sp³-hybridized carbons (Fsp3) is 0.214. The number of para-hydroxylation sites is 1. The number of methoxy groups -OCH3 is 3. The zero-order chi connectivity index (χ0) is 27.4. The summed E-state index contributed by atoms with van der Waals surface area (Å²) in [6.07, 6.45) is -0.198. The summed E-state index contributed by atoms with van der Waals surface area (Å²) in [7, 11) is 4.39. The largest absolute Gasteiger partial charge is 0.507 e. The fourth-order valence-corrected chi connectivity index (χ4v) is 4.57. The van der Waals surface area contributed by atoms with E-state index in [9.17, 15) is 14.7 Å². The molecule has 1 atom stereocenters. The average molecular weight is 558 g/mol. The van der Waals surface area contributed by atoms with Crippen LogP contribution in [0, 0.1) is 0 Å². The fourth-order valence-electron chi connectivity index (χ4n) is 4.25. The molecule has 0 radical (unpaired) electrons. The van der Waals surface area contributed by atoms with Gasteiger partial charge in [-0.2, -0.15) is 0 Å². The molecule has 0 fully saturated rings. The van der Waals surface area contributed by atoms with Gasteiger partial charge in [0.1, 0.15) is 11.3 Å². The van der Waals surface area contributed by atoms with E-state index in [1.54, 1.807) is 54.6 Å². The van der Waals surface area contributed by atoms with E-state index in [-0.39, 0.29) is 35.8 Å². The number of ether oxygens (including phenoxy) is 3. The van der Waals surface area contributed by atoms with E-state index in [1.165, 1.54) is 21.3 Å². The van der Waals surface area contributed by atoms with Crippen molar-refractivity contribution in [1.82, 2.24) is 5.32 Å². The van der Waals surface area contributed by atoms with Crippen LogP contribution in [-0.2, 0) is 11.3 Å². The molecule has 4 rings (SSSR count). The van der Waals surface area contributed by atoms with Crippen LogP contribution in [0.15, 0.2) is 63.8 Å². The Morgan fingerprint density at radius 3 is 2.29 bits per heavy atom. The third-order valence-electron chi connectivity index (χ3n) is 6.12. The van der Waals surface area contributed by atoms with Gasteiger partial charge in [0, 0.05) is 18.9 Å². The van der Waals surface area contributed by atoms with Crippen LogP contribution in [0.1, 0.15) is 29.0 Å². The Morgan fingerprint density at radius 1 is 0.974 bits per heavy atom. The van der Waals surface area contributed by atoms with Gasteiger partial charge in [-0.3, -0.25) is 4.79 Å². The van der Waals surface area contributed by atoms with E-state index >= 15 is 0 Å². The molecule has 3 aromatic carbocycles. The standard InChI is InChI=1S/C28H25Cl2NO7/c1-35-22-11-16(12-23(36-2)27(22)37-3)18(13-24(32)31-14-15-8-9-19(29)20(30)10-15)25-26(33)17-6-4-5-7-21(17)38-28(25)34/h4-12,18,33H,13-14H2,1-3H3,(H,31,32)/t18-/m0/s1. The van der Waals surface area contributed by atoms with Gasteiger partial charge in [-0.05, 0) is 47.5 Å². The summed E-state index contributed by atoms with van der Waals surface area (Å²) in [4.78, 5) is 26.3. The van der Waals surface area contributed by atoms with Crippen LogP contribution in [0.3, 0.4) is 0 Å². The quantitative estimate of drug-likeness (QED) is 0.255. The number of amides is 1. The SMILES string of the molecule is COc1cc([C@H](CC(=O)NCc2ccc(Cl)c(Cl)c2)c2c(O)c3ccccc3oc2=O)cc(OC)c1OC. The summed E-state index contributed by atoms with van der Waals surface area (Å²) in [6.45, 7) is 0.177. The highest BCUT2D eigenvalue weighted by molar-refractivity contribution is 6.42. The monoisotopic (exact) mass is 557 g/mol. The predicted molar refractivity (Wildman–Crippen MR) is 145 cm³/mol. The summed E-state index contributed by atoms with van der Waals surface area (Å²) in [6, 6.07) is 14.9. The van der Waals surface area contributed by atoms with Gasteiger partial charge in [0.05, 0.1) is 42.3 Å². The van der Waals surface area contributed by atoms with E-state index in [0.717, 1.165) is 5.56 Å². The number of aromatic hydroxyl groups is 1. The Balaban J connectivity index is 1.78. The van der Waals surface area contributed by atoms with Crippen molar-refractivity contribution in [2.45, 2.75) is 18.9 Å². The van der Waals surface area contributed by atoms with Crippen molar-refractivity contribution in [1.29, 1.82) is 0 Å². The molecule has 0 bridgehead atoms. The molecule has 0 aliphatic rings. The summed E-state index contributed by atoms with van der Waals surface area (Å²) in [5.41, 5.74) is 0.610. The second kappa shape index (κ2) is 11.7. The maximum absolute atomic E-state index is 13.2. The Labute approximate surface area is 228 Å². The second-order valence-electron chi connectivity index (χ2n) is 8.39. The number of hydrogen-bond donors (Lipinski definition) is 2. The van der Waals surface area contributed by atoms with Gasteiger partial charge in [-0.1, -0.05) is 41.4 Å². The molecule has 198 valence electrons. The first-order chi connectivity index (χ1) is 18.3. The number of halogens is 2. The number of nitrogens with one attached hydrogen (secondary N) is 1. The van der Waals surface area contributed by atoms with Crippen LogP contribution in [0.5, 0.6) is 23.0 Å². The summed E-state index contributed by atoms with van der Waals surface area (Å²) >= 11 is 12.1. The van der Waals surface area contributed by atoms with Crippen LogP contribution < -0.4 is 25.2 Å². The first-order valence-corrected chi connectivity index (χ1v) is 12.3. The lowest BCUT2D eigenvalue weighted by atomic mass is 9.87. The molecule has 0 unspecified atom stereocenters. The molecule has 4 aromatic rings. The summed E-state index contributed by atoms with van der Waals surface area (Å²) < 4.78 is 21.9. The number of carbonyl (C=O) groups excluding carboxylic acids is 1. The van der Waals surface area contributed by atoms with Gasteiger partial charge < -0.3 is 29.1 Å². The molecular weight excluding hydrogens is 533 g/mol. The van der Waals surface area contributed by atoms with Crippen molar-refractivity contribution in [3.63, 3.8) is 0 Å². The van der Waals surface area contributed by atoms with Gasteiger partial charge in [0.2, 0.25) is 11.7 Å². The van der Waals surface area contributed by atoms with Crippen molar-refractivity contribution < 1.29 is 28.5 Å². The third-order valence-corrected chi connectivity index (χ3v) is 6.86. The van der Waals surface area contributed by atoms with Crippen LogP contribution in [0.2, 0.25) is 10.0 Å². The van der Waals surface area contributed by atoms with Crippen molar-refractivity contribution in [2.75, 3.05) is 21.3 Å². The summed E-state index contributed by atoms with van der Waals surface area (Å²) in [5.74, 6) is -0.579. The Morgan fingerprint density at radius 2 is 1.66 bits per heavy atom. The predicted octanol–water partition coefficient (Wildman–Crippen LogP) is 5.67. The highest BCUT2D eigenvalue weighted by Gasteiger charge is 2.29. The molecule has 2 N–H and O–H groups in total. The van der Waals surface area contributed by atoms with Gasteiger partial charge >= 0.3 is 5.63 Å². The van der Waals surface area contributed by atoms with Crippen LogP contribution in [0.25, 0.3) is 11.0 Å². The maximum atomic E-state index is 13.2. The van der Waals surface area contributed by atoms with Gasteiger partial charge in [-0.25, -0.2) is 4.79 Å². The Kier molecular flexibility index (Phi) is 8.34. The number of rotatable bonds is 9. The van der Waals surface area contributed by atoms with Crippen molar-refractivity contribution in [3.8, 4) is 23.0 Å². The zero-order valence-electron chi connectivity index (χ0n) is 20.8. The zero-order valence-corrected chi connectivity index (χ0v) is 22.4. The minimum atomic E-state index is -0.918. The third kappa shape index (κ3) is 5.51. The molecule has 8 nitrogen and oxygen atoms in total. The Hall–Kier alpha value is -3.88. The van der Waals surface area contributed by atoms with Crippen LogP contribution in [0.4, 0.5) is 0 Å². The minimum Gasteiger partial charge on any atom is -0.507 e. The molecule has 1 aromatic heterocycles. The average Bonchev–Trinajstić information content (AvgIpc) is 2.92. The molecule has 1 heterocycles. The van der Waals surface area contributed by atoms with E-state index in [1.807, 2.05) is 0 Å². The first-order valence-electron chi connectivity index (χ1n) is 11.5. The molecule has 1 amide bonds. The molecule has 0 saturated heterocycles. The number of fused-ring (bicyclic) bond motifs is 1. The summed E-state index contributed by atoms with van der Waals surface area (Å²) in [5, 5.41) is 15.1. The van der Waals surface area contributed by atoms with E-state index in [2.05, 4.69) is 5.32 Å². The first kappa shape index (κ1) is 27.2. The van der Waals surface area contributed by atoms with E-state index < -0.39 is 11.5 Å². The smallest absolute Gasteiger partial charge is 0.343 e. The van der Waals surface area contributed by atoms with Crippen molar-refractivity contribution in [3.05, 3.63) is 91.8 Å². The second-order valence-corrected chi connectivity index (χ2v) is 9.20. The topological polar surface area (TPSA) is 107 Å². The lowest BCUT2D eigenvalue weighted by Crippen LogP contribution is -2.26. The molecular formula is C28H25Cl2NO7. The van der Waals surface area contributed by atoms with Gasteiger partial charge in [0.15, 0.2) is 11.5 Å². The number of hydrogen-bond acceptors (Lipinski definition) is 7. The van der Waals surface area contributed by atoms with Gasteiger partial charge in [0.25, 0.3) is 0 Å². The lowest BCUT2D eigenvalue weighted by molar-refractivity contribution is -0.121. The Bertz CT molecular complexity index is 1530. The van der Waals surface area contributed by atoms with Crippen LogP contribution >= 0.6 is 23.2 Å². The molecule has 0 spiro atoms. The van der Waals surface area contributed by atoms with E-state index in [0.29, 0.717) is 38.2 Å². The molecule has 0 aliphatic carbocycles. The molecule has 0 saturated carbocycles. The van der Waals surface area contributed by atoms with Crippen LogP contribution in [-0.4, -0.2) is 32.3 Å².